The smallest absolute Gasteiger partial charge is 0.237 e. The first-order valence-corrected chi connectivity index (χ1v) is 4.76. The van der Waals surface area contributed by atoms with Crippen LogP contribution in [0, 0.1) is 5.41 Å². The Morgan fingerprint density at radius 2 is 1.69 bits per heavy atom. The first-order valence-electron chi connectivity index (χ1n) is 4.76. The molecule has 0 unspecified atom stereocenters. The fourth-order valence-electron chi connectivity index (χ4n) is 0.686. The molecular formula is C10H22N2O. The lowest BCUT2D eigenvalue weighted by atomic mass is 9.88. The summed E-state index contributed by atoms with van der Waals surface area (Å²) >= 11 is 0. The third-order valence-corrected chi connectivity index (χ3v) is 2.48. The van der Waals surface area contributed by atoms with Crippen molar-refractivity contribution < 1.29 is 4.79 Å². The minimum atomic E-state index is -0.121. The molecule has 2 atom stereocenters. The highest BCUT2D eigenvalue weighted by Gasteiger charge is 2.23. The summed E-state index contributed by atoms with van der Waals surface area (Å²) in [5.41, 5.74) is 0.114. The van der Waals surface area contributed by atoms with E-state index in [0.29, 0.717) is 0 Å². The Morgan fingerprint density at radius 3 is 2.00 bits per heavy atom. The van der Waals surface area contributed by atoms with Crippen molar-refractivity contribution in [2.75, 3.05) is 7.05 Å². The van der Waals surface area contributed by atoms with Crippen molar-refractivity contribution >= 4 is 5.91 Å². The van der Waals surface area contributed by atoms with E-state index in [1.165, 1.54) is 0 Å². The summed E-state index contributed by atoms with van der Waals surface area (Å²) in [6.45, 7) is 10.2. The lowest BCUT2D eigenvalue weighted by molar-refractivity contribution is -0.123. The Balaban J connectivity index is 4.07. The maximum absolute atomic E-state index is 11.5. The Hall–Kier alpha value is -0.570. The number of hydrogen-bond acceptors (Lipinski definition) is 2. The second-order valence-corrected chi connectivity index (χ2v) is 4.61. The van der Waals surface area contributed by atoms with Gasteiger partial charge in [0.25, 0.3) is 0 Å². The Labute approximate surface area is 81.3 Å². The minimum absolute atomic E-state index is 0.0601. The summed E-state index contributed by atoms with van der Waals surface area (Å²) in [5, 5.41) is 5.88. The van der Waals surface area contributed by atoms with E-state index >= 15 is 0 Å². The summed E-state index contributed by atoms with van der Waals surface area (Å²) in [6, 6.07) is 0.0700. The van der Waals surface area contributed by atoms with Crippen LogP contribution in [0.4, 0.5) is 0 Å². The van der Waals surface area contributed by atoms with Crippen LogP contribution in [0.3, 0.4) is 0 Å². The van der Waals surface area contributed by atoms with Crippen LogP contribution in [0.25, 0.3) is 0 Å². The van der Waals surface area contributed by atoms with Gasteiger partial charge in [0, 0.05) is 6.04 Å². The van der Waals surface area contributed by atoms with Gasteiger partial charge in [0.15, 0.2) is 0 Å². The average molecular weight is 186 g/mol. The van der Waals surface area contributed by atoms with Crippen molar-refractivity contribution in [2.24, 2.45) is 5.41 Å². The Kier molecular flexibility index (Phi) is 4.40. The normalized spacial score (nSPS) is 16.5. The van der Waals surface area contributed by atoms with Gasteiger partial charge in [0.1, 0.15) is 0 Å². The summed E-state index contributed by atoms with van der Waals surface area (Å²) in [4.78, 5) is 11.5. The molecule has 0 saturated carbocycles. The van der Waals surface area contributed by atoms with E-state index in [1.807, 2.05) is 13.8 Å². The molecule has 0 aromatic heterocycles. The molecule has 3 heteroatoms. The largest absolute Gasteiger partial charge is 0.352 e. The van der Waals surface area contributed by atoms with Gasteiger partial charge in [-0.1, -0.05) is 20.8 Å². The molecule has 0 spiro atoms. The number of likely N-dealkylation sites (N-methyl/N-ethyl adjacent to an activating group) is 1. The van der Waals surface area contributed by atoms with Crippen molar-refractivity contribution in [1.82, 2.24) is 10.6 Å². The Bertz CT molecular complexity index is 172. The molecule has 0 fully saturated rings. The van der Waals surface area contributed by atoms with E-state index in [4.69, 9.17) is 0 Å². The summed E-state index contributed by atoms with van der Waals surface area (Å²) in [5.74, 6) is 0.0601. The molecule has 0 aromatic carbocycles. The number of rotatable bonds is 3. The zero-order valence-corrected chi connectivity index (χ0v) is 9.56. The van der Waals surface area contributed by atoms with Crippen molar-refractivity contribution in [3.05, 3.63) is 0 Å². The molecule has 0 radical (unpaired) electrons. The van der Waals surface area contributed by atoms with Crippen LogP contribution in [0.2, 0.25) is 0 Å². The van der Waals surface area contributed by atoms with Gasteiger partial charge < -0.3 is 10.6 Å². The van der Waals surface area contributed by atoms with Crippen LogP contribution in [0.15, 0.2) is 0 Å². The summed E-state index contributed by atoms with van der Waals surface area (Å²) in [6.07, 6.45) is 0. The van der Waals surface area contributed by atoms with Crippen LogP contribution in [-0.4, -0.2) is 25.0 Å². The van der Waals surface area contributed by atoms with Gasteiger partial charge in [-0.15, -0.1) is 0 Å². The predicted molar refractivity (Wildman–Crippen MR) is 55.6 cm³/mol. The topological polar surface area (TPSA) is 41.1 Å². The van der Waals surface area contributed by atoms with Gasteiger partial charge in [0.05, 0.1) is 6.04 Å². The standard InChI is InChI=1S/C10H22N2O/c1-7(11-6)9(13)12-8(2)10(3,4)5/h7-8,11H,1-6H3,(H,12,13)/t7-,8-/m1/s1. The summed E-state index contributed by atoms with van der Waals surface area (Å²) in [7, 11) is 1.78. The lowest BCUT2D eigenvalue weighted by Crippen LogP contribution is -2.48. The van der Waals surface area contributed by atoms with Crippen molar-refractivity contribution in [2.45, 2.75) is 46.7 Å². The Morgan fingerprint density at radius 1 is 1.23 bits per heavy atom. The molecule has 0 rings (SSSR count). The zero-order chi connectivity index (χ0) is 10.6. The van der Waals surface area contributed by atoms with Crippen LogP contribution in [-0.2, 0) is 4.79 Å². The monoisotopic (exact) mass is 186 g/mol. The molecule has 3 nitrogen and oxygen atoms in total. The lowest BCUT2D eigenvalue weighted by Gasteiger charge is -2.29. The molecule has 78 valence electrons. The number of amides is 1. The predicted octanol–water partition coefficient (Wildman–Crippen LogP) is 1.15. The maximum Gasteiger partial charge on any atom is 0.237 e. The van der Waals surface area contributed by atoms with E-state index in [1.54, 1.807) is 7.05 Å². The molecule has 0 aliphatic rings. The van der Waals surface area contributed by atoms with E-state index in [9.17, 15) is 4.79 Å². The molecule has 13 heavy (non-hydrogen) atoms. The van der Waals surface area contributed by atoms with Gasteiger partial charge in [-0.2, -0.15) is 0 Å². The van der Waals surface area contributed by atoms with Crippen molar-refractivity contribution in [1.29, 1.82) is 0 Å². The van der Waals surface area contributed by atoms with E-state index in [0.717, 1.165) is 0 Å². The van der Waals surface area contributed by atoms with Crippen LogP contribution >= 0.6 is 0 Å². The number of nitrogens with one attached hydrogen (secondary N) is 2. The fourth-order valence-corrected chi connectivity index (χ4v) is 0.686. The highest BCUT2D eigenvalue weighted by molar-refractivity contribution is 5.81. The minimum Gasteiger partial charge on any atom is -0.352 e. The highest BCUT2D eigenvalue weighted by atomic mass is 16.2. The van der Waals surface area contributed by atoms with Crippen LogP contribution in [0.1, 0.15) is 34.6 Å². The third kappa shape index (κ3) is 4.27. The summed E-state index contributed by atoms with van der Waals surface area (Å²) < 4.78 is 0. The van der Waals surface area contributed by atoms with E-state index in [2.05, 4.69) is 31.4 Å². The van der Waals surface area contributed by atoms with E-state index < -0.39 is 0 Å². The van der Waals surface area contributed by atoms with Gasteiger partial charge in [-0.25, -0.2) is 0 Å². The van der Waals surface area contributed by atoms with Crippen molar-refractivity contribution in [3.63, 3.8) is 0 Å². The molecule has 0 aromatic rings. The molecule has 2 N–H and O–H groups in total. The van der Waals surface area contributed by atoms with Gasteiger partial charge in [0.2, 0.25) is 5.91 Å². The first kappa shape index (κ1) is 12.4. The quantitative estimate of drug-likeness (QED) is 0.694. The van der Waals surface area contributed by atoms with Gasteiger partial charge in [-0.3, -0.25) is 4.79 Å². The van der Waals surface area contributed by atoms with Crippen molar-refractivity contribution in [3.8, 4) is 0 Å². The van der Waals surface area contributed by atoms with Crippen LogP contribution < -0.4 is 10.6 Å². The number of carbonyl (C=O) groups excluding carboxylic acids is 1. The van der Waals surface area contributed by atoms with Crippen LogP contribution in [0.5, 0.6) is 0 Å². The molecule has 0 aliphatic carbocycles. The molecule has 0 heterocycles. The number of carbonyl (C=O) groups is 1. The molecule has 0 aliphatic heterocycles. The average Bonchev–Trinajstić information content (AvgIpc) is 2.01. The molecule has 1 amide bonds. The molecule has 0 saturated heterocycles. The first-order chi connectivity index (χ1) is 5.79. The van der Waals surface area contributed by atoms with Gasteiger partial charge in [-0.05, 0) is 26.3 Å². The molecular weight excluding hydrogens is 164 g/mol. The van der Waals surface area contributed by atoms with E-state index in [-0.39, 0.29) is 23.4 Å². The fraction of sp³-hybridized carbons (Fsp3) is 0.900. The number of hydrogen-bond donors (Lipinski definition) is 2. The maximum atomic E-state index is 11.5. The second-order valence-electron chi connectivity index (χ2n) is 4.61. The SMILES string of the molecule is CN[C@H](C)C(=O)N[C@H](C)C(C)(C)C. The molecule has 0 bridgehead atoms. The van der Waals surface area contributed by atoms with Gasteiger partial charge >= 0.3 is 0 Å². The third-order valence-electron chi connectivity index (χ3n) is 2.48. The highest BCUT2D eigenvalue weighted by Crippen LogP contribution is 2.18. The zero-order valence-electron chi connectivity index (χ0n) is 9.56. The second kappa shape index (κ2) is 4.61.